The Morgan fingerprint density at radius 3 is 2.35 bits per heavy atom. The average molecular weight is 236 g/mol. The average Bonchev–Trinajstić information content (AvgIpc) is 2.39. The molecule has 0 aliphatic carbocycles. The highest BCUT2D eigenvalue weighted by molar-refractivity contribution is 5.49. The summed E-state index contributed by atoms with van der Waals surface area (Å²) in [7, 11) is 4.00. The molecule has 0 bridgehead atoms. The maximum atomic E-state index is 4.59. The lowest BCUT2D eigenvalue weighted by molar-refractivity contribution is 0.585. The second kappa shape index (κ2) is 6.42. The number of anilines is 2. The Hall–Kier alpha value is -1.32. The predicted molar refractivity (Wildman–Crippen MR) is 73.7 cm³/mol. The Labute approximate surface area is 104 Å². The SMILES string of the molecule is CCc1nc(NC)cc(N(C)C(CC)CC)n1. The van der Waals surface area contributed by atoms with Crippen molar-refractivity contribution in [3.05, 3.63) is 11.9 Å². The minimum atomic E-state index is 0.541. The van der Waals surface area contributed by atoms with Crippen LogP contribution in [-0.4, -0.2) is 30.1 Å². The maximum absolute atomic E-state index is 4.59. The van der Waals surface area contributed by atoms with Gasteiger partial charge in [-0.15, -0.1) is 0 Å². The summed E-state index contributed by atoms with van der Waals surface area (Å²) in [5.74, 6) is 2.80. The zero-order valence-electron chi connectivity index (χ0n) is 11.6. The first-order valence-corrected chi connectivity index (χ1v) is 6.44. The Morgan fingerprint density at radius 1 is 1.24 bits per heavy atom. The molecule has 0 aromatic carbocycles. The summed E-state index contributed by atoms with van der Waals surface area (Å²) >= 11 is 0. The standard InChI is InChI=1S/C13H24N4/c1-6-10(7-2)17(5)13-9-12(14-4)15-11(8-3)16-13/h9-10H,6-8H2,1-5H3,(H,14,15,16). The lowest BCUT2D eigenvalue weighted by Gasteiger charge is -2.27. The molecule has 1 rings (SSSR count). The highest BCUT2D eigenvalue weighted by Crippen LogP contribution is 2.19. The molecule has 0 amide bonds. The summed E-state index contributed by atoms with van der Waals surface area (Å²) in [6.07, 6.45) is 3.12. The van der Waals surface area contributed by atoms with Crippen molar-refractivity contribution >= 4 is 11.6 Å². The first kappa shape index (κ1) is 13.7. The van der Waals surface area contributed by atoms with E-state index in [4.69, 9.17) is 0 Å². The maximum Gasteiger partial charge on any atom is 0.134 e. The van der Waals surface area contributed by atoms with E-state index in [0.717, 1.165) is 36.7 Å². The van der Waals surface area contributed by atoms with Crippen molar-refractivity contribution in [3.63, 3.8) is 0 Å². The zero-order chi connectivity index (χ0) is 12.8. The predicted octanol–water partition coefficient (Wildman–Crippen LogP) is 2.71. The van der Waals surface area contributed by atoms with Gasteiger partial charge in [-0.3, -0.25) is 0 Å². The lowest BCUT2D eigenvalue weighted by atomic mass is 10.1. The largest absolute Gasteiger partial charge is 0.373 e. The number of rotatable bonds is 6. The number of hydrogen-bond acceptors (Lipinski definition) is 4. The Bertz CT molecular complexity index is 325. The van der Waals surface area contributed by atoms with E-state index < -0.39 is 0 Å². The van der Waals surface area contributed by atoms with E-state index in [0.29, 0.717) is 6.04 Å². The molecule has 17 heavy (non-hydrogen) atoms. The minimum absolute atomic E-state index is 0.541. The van der Waals surface area contributed by atoms with Crippen LogP contribution in [0.1, 0.15) is 39.4 Å². The van der Waals surface area contributed by atoms with Crippen molar-refractivity contribution in [2.75, 3.05) is 24.3 Å². The number of hydrogen-bond donors (Lipinski definition) is 1. The van der Waals surface area contributed by atoms with E-state index >= 15 is 0 Å². The van der Waals surface area contributed by atoms with E-state index in [9.17, 15) is 0 Å². The van der Waals surface area contributed by atoms with Gasteiger partial charge in [0.15, 0.2) is 0 Å². The molecule has 0 aliphatic rings. The molecule has 96 valence electrons. The second-order valence-corrected chi connectivity index (χ2v) is 4.21. The van der Waals surface area contributed by atoms with Crippen molar-refractivity contribution in [2.24, 2.45) is 0 Å². The Balaban J connectivity index is 3.02. The fraction of sp³-hybridized carbons (Fsp3) is 0.692. The molecule has 1 aromatic heterocycles. The van der Waals surface area contributed by atoms with Crippen LogP contribution in [0.25, 0.3) is 0 Å². The second-order valence-electron chi connectivity index (χ2n) is 4.21. The van der Waals surface area contributed by atoms with E-state index in [1.807, 2.05) is 13.1 Å². The molecular weight excluding hydrogens is 212 g/mol. The Morgan fingerprint density at radius 2 is 1.88 bits per heavy atom. The number of aromatic nitrogens is 2. The highest BCUT2D eigenvalue weighted by atomic mass is 15.2. The van der Waals surface area contributed by atoms with Crippen molar-refractivity contribution in [3.8, 4) is 0 Å². The van der Waals surface area contributed by atoms with Gasteiger partial charge in [0, 0.05) is 32.6 Å². The van der Waals surface area contributed by atoms with Crippen LogP contribution < -0.4 is 10.2 Å². The van der Waals surface area contributed by atoms with Gasteiger partial charge in [-0.1, -0.05) is 20.8 Å². The third-order valence-electron chi connectivity index (χ3n) is 3.18. The molecule has 0 spiro atoms. The lowest BCUT2D eigenvalue weighted by Crippen LogP contribution is -2.31. The molecule has 0 radical (unpaired) electrons. The minimum Gasteiger partial charge on any atom is -0.373 e. The van der Waals surface area contributed by atoms with Crippen molar-refractivity contribution in [1.29, 1.82) is 0 Å². The van der Waals surface area contributed by atoms with Gasteiger partial charge in [-0.05, 0) is 12.8 Å². The molecule has 0 atom stereocenters. The molecule has 0 unspecified atom stereocenters. The van der Waals surface area contributed by atoms with Gasteiger partial charge < -0.3 is 10.2 Å². The fourth-order valence-electron chi connectivity index (χ4n) is 1.97. The molecule has 1 N–H and O–H groups in total. The number of aryl methyl sites for hydroxylation is 1. The normalized spacial score (nSPS) is 10.7. The molecule has 4 heteroatoms. The Kier molecular flexibility index (Phi) is 5.19. The third-order valence-corrected chi connectivity index (χ3v) is 3.18. The van der Waals surface area contributed by atoms with Gasteiger partial charge >= 0.3 is 0 Å². The van der Waals surface area contributed by atoms with Crippen LogP contribution >= 0.6 is 0 Å². The summed E-state index contributed by atoms with van der Waals surface area (Å²) in [6.45, 7) is 6.51. The van der Waals surface area contributed by atoms with E-state index in [2.05, 4.69) is 48.0 Å². The number of nitrogens with zero attached hydrogens (tertiary/aromatic N) is 3. The molecular formula is C13H24N4. The monoisotopic (exact) mass is 236 g/mol. The fourth-order valence-corrected chi connectivity index (χ4v) is 1.97. The topological polar surface area (TPSA) is 41.1 Å². The van der Waals surface area contributed by atoms with Crippen molar-refractivity contribution in [1.82, 2.24) is 9.97 Å². The highest BCUT2D eigenvalue weighted by Gasteiger charge is 2.14. The van der Waals surface area contributed by atoms with Gasteiger partial charge in [0.25, 0.3) is 0 Å². The van der Waals surface area contributed by atoms with Crippen molar-refractivity contribution < 1.29 is 0 Å². The summed E-state index contributed by atoms with van der Waals surface area (Å²) in [4.78, 5) is 11.3. The number of nitrogens with one attached hydrogen (secondary N) is 1. The molecule has 1 heterocycles. The van der Waals surface area contributed by atoms with Gasteiger partial charge in [0.1, 0.15) is 17.5 Å². The summed E-state index contributed by atoms with van der Waals surface area (Å²) in [6, 6.07) is 2.55. The van der Waals surface area contributed by atoms with Gasteiger partial charge in [-0.25, -0.2) is 9.97 Å². The van der Waals surface area contributed by atoms with E-state index in [1.165, 1.54) is 0 Å². The molecule has 0 saturated carbocycles. The zero-order valence-corrected chi connectivity index (χ0v) is 11.6. The quantitative estimate of drug-likeness (QED) is 0.824. The van der Waals surface area contributed by atoms with Crippen LogP contribution in [0.2, 0.25) is 0 Å². The third kappa shape index (κ3) is 3.32. The van der Waals surface area contributed by atoms with Crippen LogP contribution in [0.5, 0.6) is 0 Å². The molecule has 0 fully saturated rings. The molecule has 0 aliphatic heterocycles. The van der Waals surface area contributed by atoms with E-state index in [1.54, 1.807) is 0 Å². The molecule has 1 aromatic rings. The van der Waals surface area contributed by atoms with E-state index in [-0.39, 0.29) is 0 Å². The van der Waals surface area contributed by atoms with Gasteiger partial charge in [-0.2, -0.15) is 0 Å². The molecule has 4 nitrogen and oxygen atoms in total. The van der Waals surface area contributed by atoms with Gasteiger partial charge in [0.2, 0.25) is 0 Å². The van der Waals surface area contributed by atoms with Gasteiger partial charge in [0.05, 0.1) is 0 Å². The first-order valence-electron chi connectivity index (χ1n) is 6.44. The first-order chi connectivity index (χ1) is 8.15. The van der Waals surface area contributed by atoms with Crippen LogP contribution in [0.3, 0.4) is 0 Å². The van der Waals surface area contributed by atoms with Crippen molar-refractivity contribution in [2.45, 2.75) is 46.1 Å². The summed E-state index contributed by atoms with van der Waals surface area (Å²) in [5.41, 5.74) is 0. The van der Waals surface area contributed by atoms with Crippen LogP contribution in [0, 0.1) is 0 Å². The summed E-state index contributed by atoms with van der Waals surface area (Å²) < 4.78 is 0. The van der Waals surface area contributed by atoms with Crippen LogP contribution in [0.4, 0.5) is 11.6 Å². The summed E-state index contributed by atoms with van der Waals surface area (Å²) in [5, 5.41) is 3.09. The smallest absolute Gasteiger partial charge is 0.134 e. The molecule has 0 saturated heterocycles. The van der Waals surface area contributed by atoms with Crippen LogP contribution in [-0.2, 0) is 6.42 Å². The van der Waals surface area contributed by atoms with Crippen LogP contribution in [0.15, 0.2) is 6.07 Å².